The van der Waals surface area contributed by atoms with E-state index in [1.807, 2.05) is 6.92 Å². The second kappa shape index (κ2) is 5.36. The summed E-state index contributed by atoms with van der Waals surface area (Å²) >= 11 is 0. The molecule has 0 saturated heterocycles. The number of anilines is 1. The van der Waals surface area contributed by atoms with Crippen LogP contribution in [0.1, 0.15) is 17.0 Å². The van der Waals surface area contributed by atoms with Gasteiger partial charge in [-0.15, -0.1) is 0 Å². The Bertz CT molecular complexity index is 650. The Morgan fingerprint density at radius 3 is 2.89 bits per heavy atom. The highest BCUT2D eigenvalue weighted by Gasteiger charge is 2.09. The molecule has 0 atom stereocenters. The van der Waals surface area contributed by atoms with Crippen LogP contribution in [0.15, 0.2) is 30.3 Å². The number of pyridine rings is 1. The smallest absolute Gasteiger partial charge is 0.143 e. The Labute approximate surface area is 110 Å². The van der Waals surface area contributed by atoms with Crippen molar-refractivity contribution >= 4 is 5.69 Å². The molecule has 0 amide bonds. The molecule has 0 fully saturated rings. The lowest BCUT2D eigenvalue weighted by atomic mass is 10.2. The zero-order valence-electron chi connectivity index (χ0n) is 10.3. The number of aromatic hydroxyl groups is 1. The minimum absolute atomic E-state index is 0.0466. The standard InChI is InChI=1S/C14H12FN3O/c1-9-5-6-14(19)13(18-9)8-17-12-4-2-3-11(15)10(12)7-16/h2-6,17,19H,8H2,1H3. The van der Waals surface area contributed by atoms with E-state index >= 15 is 0 Å². The highest BCUT2D eigenvalue weighted by molar-refractivity contribution is 5.58. The van der Waals surface area contributed by atoms with Gasteiger partial charge in [-0.2, -0.15) is 5.26 Å². The summed E-state index contributed by atoms with van der Waals surface area (Å²) in [5, 5.41) is 21.5. The Kier molecular flexibility index (Phi) is 3.62. The Morgan fingerprint density at radius 1 is 1.37 bits per heavy atom. The molecule has 1 heterocycles. The topological polar surface area (TPSA) is 68.9 Å². The number of halogens is 1. The van der Waals surface area contributed by atoms with Gasteiger partial charge in [-0.25, -0.2) is 4.39 Å². The van der Waals surface area contributed by atoms with Crippen LogP contribution in [0.25, 0.3) is 0 Å². The molecule has 5 heteroatoms. The first-order chi connectivity index (χ1) is 9.11. The van der Waals surface area contributed by atoms with E-state index in [4.69, 9.17) is 5.26 Å². The fourth-order valence-corrected chi connectivity index (χ4v) is 1.70. The summed E-state index contributed by atoms with van der Waals surface area (Å²) in [5.41, 5.74) is 1.56. The van der Waals surface area contributed by atoms with Gasteiger partial charge in [0.25, 0.3) is 0 Å². The SMILES string of the molecule is Cc1ccc(O)c(CNc2cccc(F)c2C#N)n1. The van der Waals surface area contributed by atoms with Gasteiger partial charge in [-0.1, -0.05) is 6.07 Å². The molecular weight excluding hydrogens is 245 g/mol. The van der Waals surface area contributed by atoms with Gasteiger partial charge in [0.1, 0.15) is 28.9 Å². The molecular formula is C14H12FN3O. The maximum atomic E-state index is 13.4. The highest BCUT2D eigenvalue weighted by Crippen LogP contribution is 2.20. The van der Waals surface area contributed by atoms with Crippen LogP contribution < -0.4 is 5.32 Å². The number of hydrogen-bond donors (Lipinski definition) is 2. The molecule has 2 rings (SSSR count). The number of aromatic nitrogens is 1. The number of aryl methyl sites for hydroxylation is 1. The first-order valence-corrected chi connectivity index (χ1v) is 5.70. The van der Waals surface area contributed by atoms with Gasteiger partial charge in [-0.05, 0) is 31.2 Å². The zero-order valence-corrected chi connectivity index (χ0v) is 10.3. The zero-order chi connectivity index (χ0) is 13.8. The van der Waals surface area contributed by atoms with Crippen molar-refractivity contribution < 1.29 is 9.50 Å². The van der Waals surface area contributed by atoms with E-state index in [9.17, 15) is 9.50 Å². The maximum Gasteiger partial charge on any atom is 0.143 e. The van der Waals surface area contributed by atoms with Crippen molar-refractivity contribution in [1.29, 1.82) is 5.26 Å². The van der Waals surface area contributed by atoms with E-state index in [0.29, 0.717) is 11.4 Å². The summed E-state index contributed by atoms with van der Waals surface area (Å²) in [4.78, 5) is 4.18. The van der Waals surface area contributed by atoms with Crippen molar-refractivity contribution in [2.75, 3.05) is 5.32 Å². The van der Waals surface area contributed by atoms with E-state index in [-0.39, 0.29) is 17.9 Å². The highest BCUT2D eigenvalue weighted by atomic mass is 19.1. The van der Waals surface area contributed by atoms with E-state index < -0.39 is 5.82 Å². The second-order valence-corrected chi connectivity index (χ2v) is 4.05. The molecule has 4 nitrogen and oxygen atoms in total. The van der Waals surface area contributed by atoms with Gasteiger partial charge in [0.05, 0.1) is 12.2 Å². The van der Waals surface area contributed by atoms with Crippen molar-refractivity contribution in [2.45, 2.75) is 13.5 Å². The lowest BCUT2D eigenvalue weighted by molar-refractivity contribution is 0.464. The summed E-state index contributed by atoms with van der Waals surface area (Å²) in [7, 11) is 0. The number of nitriles is 1. The van der Waals surface area contributed by atoms with Crippen molar-refractivity contribution in [1.82, 2.24) is 4.98 Å². The molecule has 0 spiro atoms. The molecule has 1 aromatic carbocycles. The maximum absolute atomic E-state index is 13.4. The lowest BCUT2D eigenvalue weighted by Gasteiger charge is -2.09. The van der Waals surface area contributed by atoms with Crippen molar-refractivity contribution in [3.05, 3.63) is 53.1 Å². The summed E-state index contributed by atoms with van der Waals surface area (Å²) in [6, 6.07) is 9.40. The molecule has 0 saturated carbocycles. The largest absolute Gasteiger partial charge is 0.506 e. The fourth-order valence-electron chi connectivity index (χ4n) is 1.70. The van der Waals surface area contributed by atoms with Crippen molar-refractivity contribution in [3.63, 3.8) is 0 Å². The van der Waals surface area contributed by atoms with Crippen LogP contribution in [0.5, 0.6) is 5.75 Å². The van der Waals surface area contributed by atoms with Crippen LogP contribution >= 0.6 is 0 Å². The van der Waals surface area contributed by atoms with Crippen molar-refractivity contribution in [2.24, 2.45) is 0 Å². The molecule has 1 aromatic heterocycles. The summed E-state index contributed by atoms with van der Waals surface area (Å²) in [6.45, 7) is 2.03. The third kappa shape index (κ3) is 2.80. The quantitative estimate of drug-likeness (QED) is 0.887. The second-order valence-electron chi connectivity index (χ2n) is 4.05. The summed E-state index contributed by atoms with van der Waals surface area (Å²) < 4.78 is 13.4. The van der Waals surface area contributed by atoms with E-state index in [0.717, 1.165) is 5.69 Å². The molecule has 19 heavy (non-hydrogen) atoms. The van der Waals surface area contributed by atoms with Crippen LogP contribution in [0.3, 0.4) is 0 Å². The molecule has 96 valence electrons. The first kappa shape index (κ1) is 12.8. The van der Waals surface area contributed by atoms with Crippen molar-refractivity contribution in [3.8, 4) is 11.8 Å². The molecule has 0 aliphatic heterocycles. The molecule has 0 bridgehead atoms. The monoisotopic (exact) mass is 257 g/mol. The molecule has 0 aliphatic rings. The number of nitrogens with zero attached hydrogens (tertiary/aromatic N) is 2. The van der Waals surface area contributed by atoms with Crippen LogP contribution in [0.4, 0.5) is 10.1 Å². The van der Waals surface area contributed by atoms with E-state index in [1.165, 1.54) is 12.1 Å². The van der Waals surface area contributed by atoms with Gasteiger partial charge in [0.15, 0.2) is 0 Å². The molecule has 0 aliphatic carbocycles. The predicted molar refractivity (Wildman–Crippen MR) is 69.1 cm³/mol. The van der Waals surface area contributed by atoms with E-state index in [2.05, 4.69) is 10.3 Å². The van der Waals surface area contributed by atoms with Gasteiger partial charge in [-0.3, -0.25) is 4.98 Å². The van der Waals surface area contributed by atoms with Crippen LogP contribution in [0.2, 0.25) is 0 Å². The van der Waals surface area contributed by atoms with Gasteiger partial charge < -0.3 is 10.4 Å². The third-order valence-electron chi connectivity index (χ3n) is 2.66. The van der Waals surface area contributed by atoms with Gasteiger partial charge >= 0.3 is 0 Å². The van der Waals surface area contributed by atoms with Gasteiger partial charge in [0, 0.05) is 5.69 Å². The minimum Gasteiger partial charge on any atom is -0.506 e. The van der Waals surface area contributed by atoms with Gasteiger partial charge in [0.2, 0.25) is 0 Å². The third-order valence-corrected chi connectivity index (χ3v) is 2.66. The first-order valence-electron chi connectivity index (χ1n) is 5.70. The number of nitrogens with one attached hydrogen (secondary N) is 1. The Balaban J connectivity index is 2.22. The number of rotatable bonds is 3. The minimum atomic E-state index is -0.575. The summed E-state index contributed by atoms with van der Waals surface area (Å²) in [6.07, 6.45) is 0. The van der Waals surface area contributed by atoms with Crippen LogP contribution in [0, 0.1) is 24.1 Å². The average Bonchev–Trinajstić information content (AvgIpc) is 2.40. The molecule has 0 unspecified atom stereocenters. The van der Waals surface area contributed by atoms with E-state index in [1.54, 1.807) is 24.3 Å². The Morgan fingerprint density at radius 2 is 2.16 bits per heavy atom. The fraction of sp³-hybridized carbons (Fsp3) is 0.143. The lowest BCUT2D eigenvalue weighted by Crippen LogP contribution is -2.05. The van der Waals surface area contributed by atoms with Crippen LogP contribution in [-0.4, -0.2) is 10.1 Å². The molecule has 2 N–H and O–H groups in total. The number of hydrogen-bond acceptors (Lipinski definition) is 4. The summed E-state index contributed by atoms with van der Waals surface area (Å²) in [5.74, 6) is -0.512. The molecule has 2 aromatic rings. The molecule has 0 radical (unpaired) electrons. The van der Waals surface area contributed by atoms with Crippen LogP contribution in [-0.2, 0) is 6.54 Å². The Hall–Kier alpha value is -2.61. The predicted octanol–water partition coefficient (Wildman–Crippen LogP) is 2.72. The average molecular weight is 257 g/mol. The number of benzene rings is 1. The normalized spacial score (nSPS) is 9.95.